The SMILES string of the molecule is COc1cccc(-c2ccc(N3CCCN(C(=O)CN(Cc4ccccc4)C(=O)c4ccc(Cl)cc4)CC3)nn2)c1. The van der Waals surface area contributed by atoms with Gasteiger partial charge in [0.15, 0.2) is 5.82 Å². The van der Waals surface area contributed by atoms with Crippen LogP contribution in [0.3, 0.4) is 0 Å². The molecule has 0 bridgehead atoms. The highest BCUT2D eigenvalue weighted by atomic mass is 35.5. The fraction of sp³-hybridized carbons (Fsp3) is 0.250. The van der Waals surface area contributed by atoms with Crippen LogP contribution in [0.5, 0.6) is 5.75 Å². The number of hydrogen-bond donors (Lipinski definition) is 0. The summed E-state index contributed by atoms with van der Waals surface area (Å²) < 4.78 is 5.32. The molecule has 0 aliphatic carbocycles. The first kappa shape index (κ1) is 28.1. The number of ether oxygens (including phenoxy) is 1. The molecule has 1 saturated heterocycles. The first-order valence-electron chi connectivity index (χ1n) is 13.6. The van der Waals surface area contributed by atoms with Crippen LogP contribution in [0.1, 0.15) is 22.3 Å². The maximum atomic E-state index is 13.5. The zero-order chi connectivity index (χ0) is 28.6. The van der Waals surface area contributed by atoms with E-state index in [1.54, 1.807) is 36.3 Å². The van der Waals surface area contributed by atoms with Gasteiger partial charge in [0.2, 0.25) is 5.91 Å². The molecule has 4 aromatic rings. The Balaban J connectivity index is 1.24. The number of nitrogens with zero attached hydrogens (tertiary/aromatic N) is 5. The van der Waals surface area contributed by atoms with Crippen molar-refractivity contribution in [1.29, 1.82) is 0 Å². The first-order chi connectivity index (χ1) is 20.0. The predicted molar refractivity (Wildman–Crippen MR) is 160 cm³/mol. The van der Waals surface area contributed by atoms with Gasteiger partial charge in [-0.2, -0.15) is 0 Å². The highest BCUT2D eigenvalue weighted by Crippen LogP contribution is 2.23. The molecule has 1 fully saturated rings. The van der Waals surface area contributed by atoms with E-state index in [2.05, 4.69) is 15.1 Å². The zero-order valence-electron chi connectivity index (χ0n) is 22.9. The zero-order valence-corrected chi connectivity index (χ0v) is 23.7. The van der Waals surface area contributed by atoms with Gasteiger partial charge in [0.1, 0.15) is 12.3 Å². The number of carbonyl (C=O) groups excluding carboxylic acids is 2. The Kier molecular flexibility index (Phi) is 9.11. The van der Waals surface area contributed by atoms with E-state index in [1.807, 2.05) is 71.6 Å². The molecule has 1 aromatic heterocycles. The van der Waals surface area contributed by atoms with Crippen LogP contribution in [0.15, 0.2) is 91.0 Å². The third kappa shape index (κ3) is 7.21. The lowest BCUT2D eigenvalue weighted by Gasteiger charge is -2.27. The Hall–Kier alpha value is -4.43. The van der Waals surface area contributed by atoms with Gasteiger partial charge in [0.05, 0.1) is 12.8 Å². The molecule has 0 unspecified atom stereocenters. The number of hydrogen-bond acceptors (Lipinski definition) is 6. The Morgan fingerprint density at radius 3 is 2.41 bits per heavy atom. The van der Waals surface area contributed by atoms with E-state index in [-0.39, 0.29) is 18.4 Å². The average Bonchev–Trinajstić information content (AvgIpc) is 3.28. The van der Waals surface area contributed by atoms with E-state index >= 15 is 0 Å². The van der Waals surface area contributed by atoms with Crippen LogP contribution in [-0.4, -0.2) is 71.6 Å². The molecule has 0 saturated carbocycles. The summed E-state index contributed by atoms with van der Waals surface area (Å²) >= 11 is 6.03. The van der Waals surface area contributed by atoms with Gasteiger partial charge in [-0.05, 0) is 60.5 Å². The van der Waals surface area contributed by atoms with Crippen LogP contribution in [0.4, 0.5) is 5.82 Å². The van der Waals surface area contributed by atoms with Crippen molar-refractivity contribution >= 4 is 29.2 Å². The number of amides is 2. The van der Waals surface area contributed by atoms with Crippen molar-refractivity contribution in [3.05, 3.63) is 107 Å². The summed E-state index contributed by atoms with van der Waals surface area (Å²) in [6.45, 7) is 2.86. The van der Waals surface area contributed by atoms with E-state index < -0.39 is 0 Å². The lowest BCUT2D eigenvalue weighted by atomic mass is 10.1. The number of carbonyl (C=O) groups is 2. The molecule has 0 spiro atoms. The summed E-state index contributed by atoms with van der Waals surface area (Å²) in [6.07, 6.45) is 0.787. The van der Waals surface area contributed by atoms with Crippen molar-refractivity contribution in [3.8, 4) is 17.0 Å². The second kappa shape index (κ2) is 13.3. The van der Waals surface area contributed by atoms with Crippen LogP contribution < -0.4 is 9.64 Å². The van der Waals surface area contributed by atoms with Crippen LogP contribution in [0, 0.1) is 0 Å². The maximum absolute atomic E-state index is 13.5. The quantitative estimate of drug-likeness (QED) is 0.291. The minimum Gasteiger partial charge on any atom is -0.497 e. The minimum absolute atomic E-state index is 0.00854. The number of anilines is 1. The fourth-order valence-electron chi connectivity index (χ4n) is 4.87. The lowest BCUT2D eigenvalue weighted by molar-refractivity contribution is -0.131. The molecule has 1 aliphatic rings. The first-order valence-corrected chi connectivity index (χ1v) is 14.0. The molecule has 41 heavy (non-hydrogen) atoms. The molecule has 3 aromatic carbocycles. The van der Waals surface area contributed by atoms with E-state index in [0.29, 0.717) is 36.8 Å². The standard InChI is InChI=1S/C32H32ClN5O3/c1-41-28-10-5-9-26(21-28)29-15-16-30(35-34-29)36-17-6-18-37(20-19-36)31(39)23-38(22-24-7-3-2-4-8-24)32(40)25-11-13-27(33)14-12-25/h2-5,7-16,21H,6,17-20,22-23H2,1H3. The van der Waals surface area contributed by atoms with Gasteiger partial charge in [-0.1, -0.05) is 54.1 Å². The molecule has 5 rings (SSSR count). The number of halogens is 1. The highest BCUT2D eigenvalue weighted by molar-refractivity contribution is 6.30. The van der Waals surface area contributed by atoms with Gasteiger partial charge in [-0.3, -0.25) is 9.59 Å². The predicted octanol–water partition coefficient (Wildman–Crippen LogP) is 5.19. The topological polar surface area (TPSA) is 78.9 Å². The smallest absolute Gasteiger partial charge is 0.254 e. The summed E-state index contributed by atoms with van der Waals surface area (Å²) in [4.78, 5) is 32.5. The lowest BCUT2D eigenvalue weighted by Crippen LogP contribution is -2.44. The van der Waals surface area contributed by atoms with Crippen molar-refractivity contribution < 1.29 is 14.3 Å². The van der Waals surface area contributed by atoms with Gasteiger partial charge in [0, 0.05) is 48.9 Å². The second-order valence-electron chi connectivity index (χ2n) is 9.88. The minimum atomic E-state index is -0.207. The molecule has 2 heterocycles. The highest BCUT2D eigenvalue weighted by Gasteiger charge is 2.25. The van der Waals surface area contributed by atoms with Gasteiger partial charge >= 0.3 is 0 Å². The van der Waals surface area contributed by atoms with Gasteiger partial charge in [-0.15, -0.1) is 10.2 Å². The van der Waals surface area contributed by atoms with E-state index in [1.165, 1.54) is 0 Å². The maximum Gasteiger partial charge on any atom is 0.254 e. The van der Waals surface area contributed by atoms with Crippen molar-refractivity contribution in [2.75, 3.05) is 44.7 Å². The van der Waals surface area contributed by atoms with E-state index in [9.17, 15) is 9.59 Å². The molecule has 210 valence electrons. The van der Waals surface area contributed by atoms with Crippen LogP contribution in [0.25, 0.3) is 11.3 Å². The monoisotopic (exact) mass is 569 g/mol. The van der Waals surface area contributed by atoms with Gasteiger partial charge < -0.3 is 19.4 Å². The third-order valence-corrected chi connectivity index (χ3v) is 7.36. The van der Waals surface area contributed by atoms with Gasteiger partial charge in [-0.25, -0.2) is 0 Å². The fourth-order valence-corrected chi connectivity index (χ4v) is 4.99. The van der Waals surface area contributed by atoms with Crippen molar-refractivity contribution in [2.24, 2.45) is 0 Å². The van der Waals surface area contributed by atoms with Crippen LogP contribution >= 0.6 is 11.6 Å². The van der Waals surface area contributed by atoms with E-state index in [4.69, 9.17) is 16.3 Å². The number of methoxy groups -OCH3 is 1. The van der Waals surface area contributed by atoms with Crippen molar-refractivity contribution in [3.63, 3.8) is 0 Å². The Labute approximate surface area is 245 Å². The van der Waals surface area contributed by atoms with Crippen molar-refractivity contribution in [1.82, 2.24) is 20.0 Å². The number of aromatic nitrogens is 2. The molecule has 9 heteroatoms. The number of benzene rings is 3. The molecular formula is C32H32ClN5O3. The summed E-state index contributed by atoms with van der Waals surface area (Å²) in [5, 5.41) is 9.47. The molecule has 0 radical (unpaired) electrons. The van der Waals surface area contributed by atoms with Crippen molar-refractivity contribution in [2.45, 2.75) is 13.0 Å². The molecule has 0 atom stereocenters. The van der Waals surface area contributed by atoms with Crippen LogP contribution in [-0.2, 0) is 11.3 Å². The molecule has 0 N–H and O–H groups in total. The third-order valence-electron chi connectivity index (χ3n) is 7.11. The normalized spacial score (nSPS) is 13.4. The Morgan fingerprint density at radius 2 is 1.68 bits per heavy atom. The summed E-state index contributed by atoms with van der Waals surface area (Å²) in [7, 11) is 1.64. The second-order valence-corrected chi connectivity index (χ2v) is 10.3. The molecular weight excluding hydrogens is 538 g/mol. The largest absolute Gasteiger partial charge is 0.497 e. The molecule has 2 amide bonds. The molecule has 1 aliphatic heterocycles. The Bertz CT molecular complexity index is 1470. The summed E-state index contributed by atoms with van der Waals surface area (Å²) in [6, 6.07) is 28.1. The van der Waals surface area contributed by atoms with Crippen LogP contribution in [0.2, 0.25) is 5.02 Å². The Morgan fingerprint density at radius 1 is 0.878 bits per heavy atom. The number of rotatable bonds is 8. The van der Waals surface area contributed by atoms with Gasteiger partial charge in [0.25, 0.3) is 5.91 Å². The molecule has 8 nitrogen and oxygen atoms in total. The average molecular weight is 570 g/mol. The summed E-state index contributed by atoms with van der Waals surface area (Å²) in [5.41, 5.74) is 3.16. The summed E-state index contributed by atoms with van der Waals surface area (Å²) in [5.74, 6) is 1.25. The van der Waals surface area contributed by atoms with E-state index in [0.717, 1.165) is 41.4 Å².